The zero-order valence-corrected chi connectivity index (χ0v) is 11.1. The first-order valence-electron chi connectivity index (χ1n) is 5.43. The van der Waals surface area contributed by atoms with E-state index in [1.165, 1.54) is 17.5 Å². The molecule has 5 nitrogen and oxygen atoms in total. The summed E-state index contributed by atoms with van der Waals surface area (Å²) in [5, 5.41) is 0. The van der Waals surface area contributed by atoms with Crippen molar-refractivity contribution >= 4 is 27.1 Å². The van der Waals surface area contributed by atoms with E-state index >= 15 is 0 Å². The third-order valence-electron chi connectivity index (χ3n) is 2.89. The Labute approximate surface area is 104 Å². The minimum Gasteiger partial charge on any atom is -0.334 e. The van der Waals surface area contributed by atoms with Gasteiger partial charge in [0, 0.05) is 12.6 Å². The van der Waals surface area contributed by atoms with Gasteiger partial charge in [-0.15, -0.1) is 11.3 Å². The van der Waals surface area contributed by atoms with Crippen LogP contribution in [0.15, 0.2) is 11.7 Å². The van der Waals surface area contributed by atoms with Crippen LogP contribution in [-0.4, -0.2) is 48.3 Å². The van der Waals surface area contributed by atoms with Crippen LogP contribution in [0.3, 0.4) is 0 Å². The van der Waals surface area contributed by atoms with Crippen LogP contribution < -0.4 is 0 Å². The van der Waals surface area contributed by atoms with Gasteiger partial charge < -0.3 is 4.90 Å². The van der Waals surface area contributed by atoms with Crippen molar-refractivity contribution in [1.82, 2.24) is 9.88 Å². The average Bonchev–Trinajstić information content (AvgIpc) is 2.88. The molecule has 1 saturated heterocycles. The topological polar surface area (TPSA) is 67.3 Å². The molecule has 7 heteroatoms. The van der Waals surface area contributed by atoms with Gasteiger partial charge in [0.2, 0.25) is 0 Å². The van der Waals surface area contributed by atoms with Gasteiger partial charge in [-0.25, -0.2) is 8.42 Å². The number of carbonyl (C=O) groups excluding carboxylic acids is 1. The number of hydrogen-bond acceptors (Lipinski definition) is 5. The molecule has 0 aromatic carbocycles. The zero-order valence-electron chi connectivity index (χ0n) is 9.50. The molecular weight excluding hydrogens is 260 g/mol. The molecule has 1 aliphatic rings. The molecule has 0 aliphatic carbocycles. The SMILES string of the molecule is CCN(C(=O)c1cncs1)C1CCS(=O)(=O)C1. The van der Waals surface area contributed by atoms with E-state index in [-0.39, 0.29) is 23.5 Å². The maximum atomic E-state index is 12.1. The van der Waals surface area contributed by atoms with E-state index < -0.39 is 9.84 Å². The first kappa shape index (κ1) is 12.5. The Bertz CT molecular complexity index is 496. The van der Waals surface area contributed by atoms with Gasteiger partial charge in [0.15, 0.2) is 9.84 Å². The molecule has 94 valence electrons. The van der Waals surface area contributed by atoms with Gasteiger partial charge in [0.25, 0.3) is 5.91 Å². The van der Waals surface area contributed by atoms with Gasteiger partial charge in [-0.3, -0.25) is 9.78 Å². The molecule has 1 aliphatic heterocycles. The highest BCUT2D eigenvalue weighted by molar-refractivity contribution is 7.91. The van der Waals surface area contributed by atoms with E-state index in [1.807, 2.05) is 6.92 Å². The van der Waals surface area contributed by atoms with Crippen molar-refractivity contribution in [2.24, 2.45) is 0 Å². The summed E-state index contributed by atoms with van der Waals surface area (Å²) in [5.74, 6) is 0.160. The van der Waals surface area contributed by atoms with Crippen molar-refractivity contribution in [3.05, 3.63) is 16.6 Å². The molecule has 1 aromatic rings. The van der Waals surface area contributed by atoms with Crippen molar-refractivity contribution in [2.45, 2.75) is 19.4 Å². The lowest BCUT2D eigenvalue weighted by atomic mass is 10.2. The summed E-state index contributed by atoms with van der Waals surface area (Å²) >= 11 is 1.28. The highest BCUT2D eigenvalue weighted by Crippen LogP contribution is 2.20. The summed E-state index contributed by atoms with van der Waals surface area (Å²) in [5.41, 5.74) is 1.60. The van der Waals surface area contributed by atoms with Crippen LogP contribution in [0.25, 0.3) is 0 Å². The number of aromatic nitrogens is 1. The lowest BCUT2D eigenvalue weighted by Crippen LogP contribution is -2.40. The number of hydrogen-bond donors (Lipinski definition) is 0. The maximum absolute atomic E-state index is 12.1. The fourth-order valence-corrected chi connectivity index (χ4v) is 4.36. The summed E-state index contributed by atoms with van der Waals surface area (Å²) < 4.78 is 22.8. The fourth-order valence-electron chi connectivity index (χ4n) is 2.05. The molecule has 0 radical (unpaired) electrons. The molecule has 2 heterocycles. The van der Waals surface area contributed by atoms with Crippen molar-refractivity contribution in [3.63, 3.8) is 0 Å². The Kier molecular flexibility index (Phi) is 3.48. The van der Waals surface area contributed by atoms with Crippen LogP contribution in [-0.2, 0) is 9.84 Å². The normalized spacial score (nSPS) is 22.5. The van der Waals surface area contributed by atoms with E-state index in [9.17, 15) is 13.2 Å². The van der Waals surface area contributed by atoms with Gasteiger partial charge in [0.1, 0.15) is 4.88 Å². The third-order valence-corrected chi connectivity index (χ3v) is 5.41. The third kappa shape index (κ3) is 2.66. The quantitative estimate of drug-likeness (QED) is 0.817. The molecule has 1 atom stereocenters. The zero-order chi connectivity index (χ0) is 12.5. The van der Waals surface area contributed by atoms with Crippen LogP contribution in [0.5, 0.6) is 0 Å². The predicted molar refractivity (Wildman–Crippen MR) is 65.9 cm³/mol. The first-order chi connectivity index (χ1) is 8.03. The Balaban J connectivity index is 2.15. The van der Waals surface area contributed by atoms with Gasteiger partial charge in [-0.1, -0.05) is 0 Å². The fraction of sp³-hybridized carbons (Fsp3) is 0.600. The Morgan fingerprint density at radius 1 is 1.65 bits per heavy atom. The second kappa shape index (κ2) is 4.73. The largest absolute Gasteiger partial charge is 0.334 e. The molecule has 1 amide bonds. The molecule has 1 fully saturated rings. The predicted octanol–water partition coefficient (Wildman–Crippen LogP) is 0.792. The molecule has 2 rings (SSSR count). The number of carbonyl (C=O) groups is 1. The lowest BCUT2D eigenvalue weighted by molar-refractivity contribution is 0.0713. The molecular formula is C10H14N2O3S2. The number of nitrogens with zero attached hydrogens (tertiary/aromatic N) is 2. The highest BCUT2D eigenvalue weighted by atomic mass is 32.2. The Morgan fingerprint density at radius 3 is 2.88 bits per heavy atom. The average molecular weight is 274 g/mol. The number of rotatable bonds is 3. The summed E-state index contributed by atoms with van der Waals surface area (Å²) in [6.07, 6.45) is 2.07. The van der Waals surface area contributed by atoms with Gasteiger partial charge >= 0.3 is 0 Å². The number of thiazole rings is 1. The molecule has 17 heavy (non-hydrogen) atoms. The van der Waals surface area contributed by atoms with Crippen LogP contribution in [0.2, 0.25) is 0 Å². The van der Waals surface area contributed by atoms with E-state index in [0.717, 1.165) is 0 Å². The van der Waals surface area contributed by atoms with E-state index in [4.69, 9.17) is 0 Å². The molecule has 0 spiro atoms. The number of amides is 1. The van der Waals surface area contributed by atoms with E-state index in [2.05, 4.69) is 4.98 Å². The van der Waals surface area contributed by atoms with E-state index in [0.29, 0.717) is 17.8 Å². The second-order valence-corrected chi connectivity index (χ2v) is 7.13. The van der Waals surface area contributed by atoms with Crippen LogP contribution in [0.4, 0.5) is 0 Å². The summed E-state index contributed by atoms with van der Waals surface area (Å²) in [6, 6.07) is -0.181. The van der Waals surface area contributed by atoms with Crippen LogP contribution in [0, 0.1) is 0 Å². The van der Waals surface area contributed by atoms with Crippen molar-refractivity contribution < 1.29 is 13.2 Å². The molecule has 1 unspecified atom stereocenters. The molecule has 0 N–H and O–H groups in total. The van der Waals surface area contributed by atoms with Crippen LogP contribution >= 0.6 is 11.3 Å². The second-order valence-electron chi connectivity index (χ2n) is 4.01. The summed E-state index contributed by atoms with van der Waals surface area (Å²) in [6.45, 7) is 2.39. The molecule has 0 saturated carbocycles. The van der Waals surface area contributed by atoms with Crippen molar-refractivity contribution in [1.29, 1.82) is 0 Å². The summed E-state index contributed by atoms with van der Waals surface area (Å²) in [7, 11) is -2.96. The highest BCUT2D eigenvalue weighted by Gasteiger charge is 2.34. The minimum absolute atomic E-state index is 0.0887. The minimum atomic E-state index is -2.96. The summed E-state index contributed by atoms with van der Waals surface area (Å²) in [4.78, 5) is 18.2. The van der Waals surface area contributed by atoms with E-state index in [1.54, 1.807) is 10.4 Å². The van der Waals surface area contributed by atoms with Crippen molar-refractivity contribution in [2.75, 3.05) is 18.1 Å². The molecule has 1 aromatic heterocycles. The number of sulfone groups is 1. The van der Waals surface area contributed by atoms with Gasteiger partial charge in [-0.2, -0.15) is 0 Å². The molecule has 0 bridgehead atoms. The van der Waals surface area contributed by atoms with Crippen molar-refractivity contribution in [3.8, 4) is 0 Å². The van der Waals surface area contributed by atoms with Gasteiger partial charge in [0.05, 0.1) is 23.2 Å². The van der Waals surface area contributed by atoms with Crippen LogP contribution in [0.1, 0.15) is 23.0 Å². The van der Waals surface area contributed by atoms with Gasteiger partial charge in [-0.05, 0) is 13.3 Å². The lowest BCUT2D eigenvalue weighted by Gasteiger charge is -2.26. The smallest absolute Gasteiger partial charge is 0.265 e. The maximum Gasteiger partial charge on any atom is 0.265 e. The first-order valence-corrected chi connectivity index (χ1v) is 8.13. The monoisotopic (exact) mass is 274 g/mol. The Morgan fingerprint density at radius 2 is 2.41 bits per heavy atom. The Hall–Kier alpha value is -0.950. The standard InChI is InChI=1S/C10H14N2O3S2/c1-2-12(8-3-4-17(14,15)6-8)10(13)9-5-11-7-16-9/h5,7-8H,2-4,6H2,1H3.